The van der Waals surface area contributed by atoms with E-state index in [1.807, 2.05) is 92.9 Å². The summed E-state index contributed by atoms with van der Waals surface area (Å²) in [5.74, 6) is 0.294. The third kappa shape index (κ3) is 6.03. The van der Waals surface area contributed by atoms with Crippen LogP contribution in [0.15, 0.2) is 88.4 Å². The summed E-state index contributed by atoms with van der Waals surface area (Å²) in [5, 5.41) is 4.11. The van der Waals surface area contributed by atoms with E-state index < -0.39 is 6.04 Å². The molecule has 1 aromatic heterocycles. The van der Waals surface area contributed by atoms with Crippen LogP contribution < -0.4 is 11.1 Å². The van der Waals surface area contributed by atoms with Crippen molar-refractivity contribution in [2.45, 2.75) is 38.8 Å². The molecule has 160 valence electrons. The SMILES string of the molecule is CCC=N/C=C\C=C\C(NC(=O)C(C)c1ccc(CN)cc1)c1cc2ccccc2o1. The molecule has 3 N–H and O–H groups in total. The lowest BCUT2D eigenvalue weighted by atomic mass is 9.98. The number of carbonyl (C=O) groups excluding carboxylic acids is 1. The predicted octanol–water partition coefficient (Wildman–Crippen LogP) is 5.40. The van der Waals surface area contributed by atoms with Crippen LogP contribution in [-0.4, -0.2) is 12.1 Å². The summed E-state index contributed by atoms with van der Waals surface area (Å²) < 4.78 is 6.01. The van der Waals surface area contributed by atoms with Gasteiger partial charge in [0, 0.05) is 24.3 Å². The van der Waals surface area contributed by atoms with Crippen LogP contribution in [0.4, 0.5) is 0 Å². The Bertz CT molecular complexity index is 1040. The number of hydrogen-bond acceptors (Lipinski definition) is 4. The van der Waals surface area contributed by atoms with Gasteiger partial charge in [-0.2, -0.15) is 0 Å². The molecule has 0 bridgehead atoms. The van der Waals surface area contributed by atoms with Gasteiger partial charge in [-0.05, 0) is 42.7 Å². The highest BCUT2D eigenvalue weighted by Crippen LogP contribution is 2.26. The molecular weight excluding hydrogens is 386 g/mol. The lowest BCUT2D eigenvalue weighted by Crippen LogP contribution is -2.31. The predicted molar refractivity (Wildman–Crippen MR) is 127 cm³/mol. The minimum Gasteiger partial charge on any atom is -0.459 e. The third-order valence-electron chi connectivity index (χ3n) is 5.03. The van der Waals surface area contributed by atoms with Gasteiger partial charge < -0.3 is 15.5 Å². The van der Waals surface area contributed by atoms with E-state index in [0.29, 0.717) is 12.3 Å². The number of nitrogens with two attached hydrogens (primary N) is 1. The van der Waals surface area contributed by atoms with E-state index in [1.165, 1.54) is 0 Å². The highest BCUT2D eigenvalue weighted by molar-refractivity contribution is 5.84. The summed E-state index contributed by atoms with van der Waals surface area (Å²) in [6.07, 6.45) is 10.0. The van der Waals surface area contributed by atoms with Crippen molar-refractivity contribution >= 4 is 23.1 Å². The van der Waals surface area contributed by atoms with Crippen molar-refractivity contribution in [1.29, 1.82) is 0 Å². The molecule has 5 heteroatoms. The monoisotopic (exact) mass is 415 g/mol. The number of carbonyl (C=O) groups is 1. The molecule has 0 saturated heterocycles. The van der Waals surface area contributed by atoms with E-state index in [1.54, 1.807) is 6.20 Å². The number of fused-ring (bicyclic) bond motifs is 1. The Kier molecular flexibility index (Phi) is 7.96. The normalized spacial score (nSPS) is 14.0. The second-order valence-electron chi connectivity index (χ2n) is 7.31. The molecule has 0 aliphatic heterocycles. The van der Waals surface area contributed by atoms with Crippen molar-refractivity contribution in [3.63, 3.8) is 0 Å². The molecule has 0 radical (unpaired) electrons. The van der Waals surface area contributed by atoms with Crippen LogP contribution in [-0.2, 0) is 11.3 Å². The Balaban J connectivity index is 1.80. The van der Waals surface area contributed by atoms with Crippen molar-refractivity contribution in [3.05, 3.63) is 95.9 Å². The highest BCUT2D eigenvalue weighted by Gasteiger charge is 2.21. The van der Waals surface area contributed by atoms with Gasteiger partial charge in [-0.15, -0.1) is 0 Å². The van der Waals surface area contributed by atoms with Crippen LogP contribution in [0.3, 0.4) is 0 Å². The van der Waals surface area contributed by atoms with Crippen molar-refractivity contribution in [2.75, 3.05) is 0 Å². The molecule has 0 fully saturated rings. The Morgan fingerprint density at radius 2 is 1.94 bits per heavy atom. The number of nitrogens with one attached hydrogen (secondary N) is 1. The summed E-state index contributed by atoms with van der Waals surface area (Å²) in [5.41, 5.74) is 8.44. The number of allylic oxidation sites excluding steroid dienone is 2. The summed E-state index contributed by atoms with van der Waals surface area (Å²) >= 11 is 0. The number of furan rings is 1. The zero-order valence-electron chi connectivity index (χ0n) is 18.0. The molecule has 0 spiro atoms. The van der Waals surface area contributed by atoms with Gasteiger partial charge in [-0.3, -0.25) is 9.79 Å². The zero-order valence-corrected chi connectivity index (χ0v) is 18.0. The summed E-state index contributed by atoms with van der Waals surface area (Å²) in [6, 6.07) is 17.2. The maximum absolute atomic E-state index is 13.0. The summed E-state index contributed by atoms with van der Waals surface area (Å²) in [6.45, 7) is 4.41. The molecule has 2 unspecified atom stereocenters. The molecular formula is C26H29N3O2. The molecule has 31 heavy (non-hydrogen) atoms. The lowest BCUT2D eigenvalue weighted by Gasteiger charge is -2.17. The first-order valence-corrected chi connectivity index (χ1v) is 10.5. The fraction of sp³-hybridized carbons (Fsp3) is 0.231. The topological polar surface area (TPSA) is 80.6 Å². The zero-order chi connectivity index (χ0) is 22.1. The van der Waals surface area contributed by atoms with Crippen LogP contribution >= 0.6 is 0 Å². The van der Waals surface area contributed by atoms with E-state index >= 15 is 0 Å². The van der Waals surface area contributed by atoms with Gasteiger partial charge in [0.2, 0.25) is 5.91 Å². The second kappa shape index (κ2) is 11.1. The smallest absolute Gasteiger partial charge is 0.228 e. The second-order valence-corrected chi connectivity index (χ2v) is 7.31. The number of benzene rings is 2. The molecule has 1 heterocycles. The van der Waals surface area contributed by atoms with Gasteiger partial charge in [0.15, 0.2) is 0 Å². The standard InChI is InChI=1S/C26H29N3O2/c1-3-15-28-16-7-6-9-23(25-17-22-8-4-5-10-24(22)31-25)29-26(30)19(2)21-13-11-20(18-27)12-14-21/h4-17,19,23H,3,18,27H2,1-2H3,(H,29,30)/b9-6+,16-7-,28-15?. The fourth-order valence-corrected chi connectivity index (χ4v) is 3.18. The average molecular weight is 416 g/mol. The molecule has 2 aromatic carbocycles. The van der Waals surface area contributed by atoms with Crippen molar-refractivity contribution in [1.82, 2.24) is 5.32 Å². The minimum atomic E-state index is -0.398. The van der Waals surface area contributed by atoms with Crippen molar-refractivity contribution in [2.24, 2.45) is 10.7 Å². The number of aliphatic imine (C=N–C) groups is 1. The largest absolute Gasteiger partial charge is 0.459 e. The van der Waals surface area contributed by atoms with Crippen LogP contribution in [0.2, 0.25) is 0 Å². The Labute approximate surface area is 183 Å². The van der Waals surface area contributed by atoms with Gasteiger partial charge in [0.05, 0.1) is 5.92 Å². The lowest BCUT2D eigenvalue weighted by molar-refractivity contribution is -0.122. The number of para-hydroxylation sites is 1. The maximum Gasteiger partial charge on any atom is 0.228 e. The Morgan fingerprint density at radius 3 is 2.65 bits per heavy atom. The molecule has 3 rings (SSSR count). The molecule has 5 nitrogen and oxygen atoms in total. The van der Waals surface area contributed by atoms with Crippen LogP contribution in [0, 0.1) is 0 Å². The van der Waals surface area contributed by atoms with E-state index in [-0.39, 0.29) is 11.8 Å². The van der Waals surface area contributed by atoms with Crippen LogP contribution in [0.25, 0.3) is 11.0 Å². The Hall–Kier alpha value is -3.44. The van der Waals surface area contributed by atoms with Gasteiger partial charge >= 0.3 is 0 Å². The number of amides is 1. The Morgan fingerprint density at radius 1 is 1.16 bits per heavy atom. The van der Waals surface area contributed by atoms with Crippen LogP contribution in [0.1, 0.15) is 49.1 Å². The molecule has 1 amide bonds. The van der Waals surface area contributed by atoms with Crippen molar-refractivity contribution in [3.8, 4) is 0 Å². The van der Waals surface area contributed by atoms with Crippen LogP contribution in [0.5, 0.6) is 0 Å². The minimum absolute atomic E-state index is 0.0800. The maximum atomic E-state index is 13.0. The van der Waals surface area contributed by atoms with Gasteiger partial charge in [0.1, 0.15) is 17.4 Å². The molecule has 0 aliphatic carbocycles. The number of hydrogen-bond donors (Lipinski definition) is 2. The summed E-state index contributed by atoms with van der Waals surface area (Å²) in [4.78, 5) is 17.2. The van der Waals surface area contributed by atoms with Gasteiger partial charge in [-0.25, -0.2) is 0 Å². The van der Waals surface area contributed by atoms with Crippen molar-refractivity contribution < 1.29 is 9.21 Å². The number of nitrogens with zero attached hydrogens (tertiary/aromatic N) is 1. The first kappa shape index (κ1) is 22.2. The van der Waals surface area contributed by atoms with E-state index in [9.17, 15) is 4.79 Å². The van der Waals surface area contributed by atoms with Gasteiger partial charge in [-0.1, -0.05) is 61.5 Å². The molecule has 0 saturated carbocycles. The summed E-state index contributed by atoms with van der Waals surface area (Å²) in [7, 11) is 0. The number of rotatable bonds is 9. The molecule has 2 atom stereocenters. The first-order chi connectivity index (χ1) is 15.1. The average Bonchev–Trinajstić information content (AvgIpc) is 3.24. The van der Waals surface area contributed by atoms with E-state index in [2.05, 4.69) is 10.3 Å². The molecule has 3 aromatic rings. The molecule has 0 aliphatic rings. The fourth-order valence-electron chi connectivity index (χ4n) is 3.18. The van der Waals surface area contributed by atoms with E-state index in [0.717, 1.165) is 28.5 Å². The van der Waals surface area contributed by atoms with E-state index in [4.69, 9.17) is 10.2 Å². The third-order valence-corrected chi connectivity index (χ3v) is 5.03. The quantitative estimate of drug-likeness (QED) is 0.362. The van der Waals surface area contributed by atoms with Gasteiger partial charge in [0.25, 0.3) is 0 Å². The highest BCUT2D eigenvalue weighted by atomic mass is 16.3. The first-order valence-electron chi connectivity index (χ1n) is 10.5.